The Balaban J connectivity index is 1.51. The molecule has 2 N–H and O–H groups in total. The highest BCUT2D eigenvalue weighted by atomic mass is 35.5. The van der Waals surface area contributed by atoms with Gasteiger partial charge in [-0.1, -0.05) is 42.8 Å². The number of aromatic nitrogens is 2. The second-order valence-electron chi connectivity index (χ2n) is 6.09. The minimum absolute atomic E-state index is 0.240. The van der Waals surface area contributed by atoms with Crippen molar-refractivity contribution in [1.82, 2.24) is 15.3 Å². The van der Waals surface area contributed by atoms with E-state index < -0.39 is 0 Å². The standard InChI is InChI=1S/C21H21ClN4O/c1-2-15-5-9-18(10-6-15)26-20-14-24-19(13-25-20)21(27)23-12-11-16-3-7-17(22)8-4-16/h3-10,13-14H,2,11-12H2,1H3,(H,23,27)(H,25,26). The molecule has 0 saturated carbocycles. The average molecular weight is 381 g/mol. The molecule has 1 aromatic heterocycles. The molecule has 138 valence electrons. The van der Waals surface area contributed by atoms with E-state index in [1.54, 1.807) is 6.20 Å². The Morgan fingerprint density at radius 3 is 2.30 bits per heavy atom. The summed E-state index contributed by atoms with van der Waals surface area (Å²) in [4.78, 5) is 20.6. The van der Waals surface area contributed by atoms with Gasteiger partial charge >= 0.3 is 0 Å². The third-order valence-corrected chi connectivity index (χ3v) is 4.38. The van der Waals surface area contributed by atoms with E-state index in [9.17, 15) is 4.79 Å². The summed E-state index contributed by atoms with van der Waals surface area (Å²) in [6, 6.07) is 15.7. The van der Waals surface area contributed by atoms with E-state index >= 15 is 0 Å². The molecule has 5 nitrogen and oxygen atoms in total. The Bertz CT molecular complexity index is 878. The van der Waals surface area contributed by atoms with Crippen LogP contribution in [-0.2, 0) is 12.8 Å². The van der Waals surface area contributed by atoms with Crippen molar-refractivity contribution in [3.8, 4) is 0 Å². The first-order chi connectivity index (χ1) is 13.1. The quantitative estimate of drug-likeness (QED) is 0.637. The van der Waals surface area contributed by atoms with E-state index in [1.165, 1.54) is 11.8 Å². The Kier molecular flexibility index (Phi) is 6.39. The fourth-order valence-corrected chi connectivity index (χ4v) is 2.67. The summed E-state index contributed by atoms with van der Waals surface area (Å²) >= 11 is 5.86. The number of halogens is 1. The van der Waals surface area contributed by atoms with E-state index in [4.69, 9.17) is 11.6 Å². The maximum atomic E-state index is 12.2. The molecule has 0 spiro atoms. The Labute approximate surface area is 163 Å². The number of hydrogen-bond acceptors (Lipinski definition) is 4. The fraction of sp³-hybridized carbons (Fsp3) is 0.190. The highest BCUT2D eigenvalue weighted by Gasteiger charge is 2.08. The smallest absolute Gasteiger partial charge is 0.271 e. The van der Waals surface area contributed by atoms with E-state index in [0.717, 1.165) is 24.1 Å². The molecule has 3 aromatic rings. The third kappa shape index (κ3) is 5.53. The molecule has 0 bridgehead atoms. The first kappa shape index (κ1) is 18.9. The molecular weight excluding hydrogens is 360 g/mol. The highest BCUT2D eigenvalue weighted by molar-refractivity contribution is 6.30. The average Bonchev–Trinajstić information content (AvgIpc) is 2.70. The lowest BCUT2D eigenvalue weighted by molar-refractivity contribution is 0.0949. The predicted molar refractivity (Wildman–Crippen MR) is 109 cm³/mol. The van der Waals surface area contributed by atoms with Gasteiger partial charge in [0.1, 0.15) is 11.5 Å². The van der Waals surface area contributed by atoms with Crippen molar-refractivity contribution in [2.45, 2.75) is 19.8 Å². The number of benzene rings is 2. The van der Waals surface area contributed by atoms with Gasteiger partial charge in [0.25, 0.3) is 5.91 Å². The monoisotopic (exact) mass is 380 g/mol. The van der Waals surface area contributed by atoms with E-state index in [-0.39, 0.29) is 11.6 Å². The summed E-state index contributed by atoms with van der Waals surface area (Å²) in [6.07, 6.45) is 4.76. The lowest BCUT2D eigenvalue weighted by atomic mass is 10.1. The molecule has 0 aliphatic heterocycles. The van der Waals surface area contributed by atoms with Crippen LogP contribution in [0.15, 0.2) is 60.9 Å². The summed E-state index contributed by atoms with van der Waals surface area (Å²) < 4.78 is 0. The van der Waals surface area contributed by atoms with Gasteiger partial charge in [-0.25, -0.2) is 9.97 Å². The first-order valence-corrected chi connectivity index (χ1v) is 9.22. The second-order valence-corrected chi connectivity index (χ2v) is 6.53. The minimum atomic E-state index is -0.240. The molecule has 0 fully saturated rings. The number of hydrogen-bond donors (Lipinski definition) is 2. The lowest BCUT2D eigenvalue weighted by Crippen LogP contribution is -2.26. The van der Waals surface area contributed by atoms with Crippen molar-refractivity contribution in [2.75, 3.05) is 11.9 Å². The number of aryl methyl sites for hydroxylation is 1. The number of amides is 1. The molecule has 6 heteroatoms. The van der Waals surface area contributed by atoms with Crippen molar-refractivity contribution in [2.24, 2.45) is 0 Å². The van der Waals surface area contributed by atoms with Crippen molar-refractivity contribution in [3.05, 3.63) is 82.8 Å². The van der Waals surface area contributed by atoms with Crippen LogP contribution in [-0.4, -0.2) is 22.4 Å². The van der Waals surface area contributed by atoms with Crippen LogP contribution in [0.25, 0.3) is 0 Å². The summed E-state index contributed by atoms with van der Waals surface area (Å²) in [5, 5.41) is 6.73. The summed E-state index contributed by atoms with van der Waals surface area (Å²) in [7, 11) is 0. The van der Waals surface area contributed by atoms with Gasteiger partial charge < -0.3 is 10.6 Å². The molecule has 0 aliphatic carbocycles. The lowest BCUT2D eigenvalue weighted by Gasteiger charge is -2.08. The van der Waals surface area contributed by atoms with Gasteiger partial charge in [-0.05, 0) is 48.2 Å². The summed E-state index contributed by atoms with van der Waals surface area (Å²) in [5.41, 5.74) is 3.61. The fourth-order valence-electron chi connectivity index (χ4n) is 2.54. The number of carbonyl (C=O) groups is 1. The zero-order valence-corrected chi connectivity index (χ0v) is 15.8. The van der Waals surface area contributed by atoms with Crippen molar-refractivity contribution >= 4 is 29.0 Å². The van der Waals surface area contributed by atoms with Gasteiger partial charge in [0, 0.05) is 17.3 Å². The van der Waals surface area contributed by atoms with Crippen molar-refractivity contribution < 1.29 is 4.79 Å². The molecule has 0 atom stereocenters. The Morgan fingerprint density at radius 1 is 0.963 bits per heavy atom. The summed E-state index contributed by atoms with van der Waals surface area (Å²) in [5.74, 6) is 0.354. The SMILES string of the molecule is CCc1ccc(Nc2cnc(C(=O)NCCc3ccc(Cl)cc3)cn2)cc1. The number of rotatable bonds is 7. The van der Waals surface area contributed by atoms with Crippen LogP contribution in [0.2, 0.25) is 5.02 Å². The molecule has 0 radical (unpaired) electrons. The minimum Gasteiger partial charge on any atom is -0.350 e. The largest absolute Gasteiger partial charge is 0.350 e. The first-order valence-electron chi connectivity index (χ1n) is 8.84. The maximum absolute atomic E-state index is 12.2. The highest BCUT2D eigenvalue weighted by Crippen LogP contribution is 2.15. The number of anilines is 2. The van der Waals surface area contributed by atoms with Crippen molar-refractivity contribution in [1.29, 1.82) is 0 Å². The van der Waals surface area contributed by atoms with Gasteiger partial charge in [0.2, 0.25) is 0 Å². The van der Waals surface area contributed by atoms with Crippen LogP contribution in [0.5, 0.6) is 0 Å². The number of nitrogens with one attached hydrogen (secondary N) is 2. The van der Waals surface area contributed by atoms with Gasteiger partial charge in [-0.3, -0.25) is 4.79 Å². The maximum Gasteiger partial charge on any atom is 0.271 e. The molecular formula is C21H21ClN4O. The zero-order chi connectivity index (χ0) is 19.1. The van der Waals surface area contributed by atoms with Gasteiger partial charge in [0.15, 0.2) is 0 Å². The van der Waals surface area contributed by atoms with Crippen LogP contribution in [0.1, 0.15) is 28.5 Å². The Hall–Kier alpha value is -2.92. The van der Waals surface area contributed by atoms with Crippen LogP contribution in [0.4, 0.5) is 11.5 Å². The number of carbonyl (C=O) groups excluding carboxylic acids is 1. The summed E-state index contributed by atoms with van der Waals surface area (Å²) in [6.45, 7) is 2.64. The second kappa shape index (κ2) is 9.14. The van der Waals surface area contributed by atoms with Crippen LogP contribution in [0.3, 0.4) is 0 Å². The predicted octanol–water partition coefficient (Wildman–Crippen LogP) is 4.41. The molecule has 1 heterocycles. The van der Waals surface area contributed by atoms with E-state index in [0.29, 0.717) is 17.4 Å². The van der Waals surface area contributed by atoms with E-state index in [1.807, 2.05) is 36.4 Å². The third-order valence-electron chi connectivity index (χ3n) is 4.13. The molecule has 1 amide bonds. The van der Waals surface area contributed by atoms with Crippen LogP contribution < -0.4 is 10.6 Å². The van der Waals surface area contributed by atoms with Gasteiger partial charge in [-0.15, -0.1) is 0 Å². The molecule has 27 heavy (non-hydrogen) atoms. The van der Waals surface area contributed by atoms with Crippen LogP contribution >= 0.6 is 11.6 Å². The molecule has 0 aliphatic rings. The molecule has 2 aromatic carbocycles. The number of nitrogens with zero attached hydrogens (tertiary/aromatic N) is 2. The van der Waals surface area contributed by atoms with Gasteiger partial charge in [0.05, 0.1) is 12.4 Å². The normalized spacial score (nSPS) is 10.4. The Morgan fingerprint density at radius 2 is 1.67 bits per heavy atom. The molecule has 0 saturated heterocycles. The van der Waals surface area contributed by atoms with Crippen molar-refractivity contribution in [3.63, 3.8) is 0 Å². The van der Waals surface area contributed by atoms with Gasteiger partial charge in [-0.2, -0.15) is 0 Å². The van der Waals surface area contributed by atoms with E-state index in [2.05, 4.69) is 39.7 Å². The van der Waals surface area contributed by atoms with Crippen LogP contribution in [0, 0.1) is 0 Å². The zero-order valence-electron chi connectivity index (χ0n) is 15.1. The molecule has 0 unspecified atom stereocenters. The molecule has 3 rings (SSSR count). The topological polar surface area (TPSA) is 66.9 Å².